The van der Waals surface area contributed by atoms with Gasteiger partial charge in [-0.25, -0.2) is 9.59 Å². The number of aliphatic hydroxyl groups is 2. The lowest BCUT2D eigenvalue weighted by molar-refractivity contribution is -0.147. The van der Waals surface area contributed by atoms with Crippen LogP contribution in [0.15, 0.2) is 36.4 Å². The van der Waals surface area contributed by atoms with E-state index in [9.17, 15) is 19.8 Å². The second-order valence-corrected chi connectivity index (χ2v) is 5.78. The molecule has 3 rings (SSSR count). The summed E-state index contributed by atoms with van der Waals surface area (Å²) in [5.41, 5.74) is 1.36. The minimum Gasteiger partial charge on any atom is -0.479 e. The fraction of sp³-hybridized carbons (Fsp3) is 0.222. The Kier molecular flexibility index (Phi) is 4.43. The van der Waals surface area contributed by atoms with Crippen LogP contribution in [-0.4, -0.2) is 32.4 Å². The van der Waals surface area contributed by atoms with E-state index in [1.54, 1.807) is 12.1 Å². The van der Waals surface area contributed by atoms with Gasteiger partial charge in [0, 0.05) is 5.56 Å². The number of carboxylic acids is 2. The van der Waals surface area contributed by atoms with E-state index in [-0.39, 0.29) is 16.9 Å². The molecule has 0 saturated carbocycles. The largest absolute Gasteiger partial charge is 0.479 e. The third-order valence-corrected chi connectivity index (χ3v) is 4.18. The molecule has 0 bridgehead atoms. The molecule has 0 spiro atoms. The highest BCUT2D eigenvalue weighted by molar-refractivity contribution is 5.77. The van der Waals surface area contributed by atoms with Crippen LogP contribution in [0, 0.1) is 0 Å². The zero-order chi connectivity index (χ0) is 18.1. The Labute approximate surface area is 142 Å². The molecule has 130 valence electrons. The Balaban J connectivity index is 2.17. The molecule has 1 heterocycles. The fourth-order valence-electron chi connectivity index (χ4n) is 2.91. The summed E-state index contributed by atoms with van der Waals surface area (Å²) >= 11 is 0. The van der Waals surface area contributed by atoms with Gasteiger partial charge in [0.15, 0.2) is 12.2 Å². The van der Waals surface area contributed by atoms with Crippen LogP contribution in [0.3, 0.4) is 0 Å². The van der Waals surface area contributed by atoms with E-state index in [1.807, 2.05) is 12.1 Å². The molecule has 0 radical (unpaired) electrons. The maximum atomic E-state index is 11.2. The van der Waals surface area contributed by atoms with Crippen LogP contribution in [-0.2, 0) is 22.4 Å². The second-order valence-electron chi connectivity index (χ2n) is 5.78. The van der Waals surface area contributed by atoms with Gasteiger partial charge in [0.05, 0.1) is 0 Å². The van der Waals surface area contributed by atoms with Gasteiger partial charge in [0.1, 0.15) is 11.5 Å². The molecule has 0 fully saturated rings. The van der Waals surface area contributed by atoms with Gasteiger partial charge < -0.3 is 25.2 Å². The Morgan fingerprint density at radius 2 is 1.60 bits per heavy atom. The Hall–Kier alpha value is -2.90. The normalized spacial score (nSPS) is 15.1. The summed E-state index contributed by atoms with van der Waals surface area (Å²) in [6.07, 6.45) is -2.72. The summed E-state index contributed by atoms with van der Waals surface area (Å²) in [6, 6.07) is 9.83. The first-order valence-electron chi connectivity index (χ1n) is 7.62. The van der Waals surface area contributed by atoms with E-state index < -0.39 is 24.1 Å². The Morgan fingerprint density at radius 3 is 2.28 bits per heavy atom. The summed E-state index contributed by atoms with van der Waals surface area (Å²) in [4.78, 5) is 22.3. The number of benzene rings is 2. The summed E-state index contributed by atoms with van der Waals surface area (Å²) in [6.45, 7) is 0. The number of aryl methyl sites for hydroxylation is 1. The Morgan fingerprint density at radius 1 is 0.920 bits per heavy atom. The van der Waals surface area contributed by atoms with Crippen molar-refractivity contribution in [3.63, 3.8) is 0 Å². The van der Waals surface area contributed by atoms with Crippen LogP contribution in [0.4, 0.5) is 0 Å². The molecule has 4 N–H and O–H groups in total. The molecule has 0 aliphatic carbocycles. The van der Waals surface area contributed by atoms with Gasteiger partial charge in [-0.15, -0.1) is 0 Å². The number of carboxylic acid groups (broad SMARTS) is 2. The van der Waals surface area contributed by atoms with Crippen LogP contribution in [0.2, 0.25) is 0 Å². The molecular weight excluding hydrogens is 328 g/mol. The first-order valence-corrected chi connectivity index (χ1v) is 7.62. The first kappa shape index (κ1) is 16.9. The molecule has 2 unspecified atom stereocenters. The van der Waals surface area contributed by atoms with Crippen molar-refractivity contribution in [2.75, 3.05) is 0 Å². The van der Waals surface area contributed by atoms with Crippen molar-refractivity contribution < 1.29 is 34.8 Å². The molecular formula is C18H16O7. The molecule has 2 atom stereocenters. The van der Waals surface area contributed by atoms with Crippen LogP contribution < -0.4 is 4.74 Å². The minimum absolute atomic E-state index is 0.0214. The van der Waals surface area contributed by atoms with Gasteiger partial charge >= 0.3 is 11.9 Å². The van der Waals surface area contributed by atoms with E-state index in [0.717, 1.165) is 5.56 Å². The summed E-state index contributed by atoms with van der Waals surface area (Å²) in [5, 5.41) is 38.0. The van der Waals surface area contributed by atoms with E-state index >= 15 is 0 Å². The molecule has 0 amide bonds. The first-order chi connectivity index (χ1) is 11.9. The molecule has 7 heteroatoms. The standard InChI is InChI=1S/C18H16O7/c19-15(17(21)22)10-7-12(16(20)18(23)24)11-6-5-9-3-1-2-4-13(9)25-14(11)8-10/h1-4,7-8,15-16,19-20H,5-6H2,(H,21,22)(H,23,24). The Bertz CT molecular complexity index is 843. The molecule has 25 heavy (non-hydrogen) atoms. The number of aliphatic hydroxyl groups excluding tert-OH is 2. The molecule has 2 aromatic rings. The molecule has 1 aliphatic rings. The van der Waals surface area contributed by atoms with Gasteiger partial charge in [-0.2, -0.15) is 0 Å². The second kappa shape index (κ2) is 6.54. The summed E-state index contributed by atoms with van der Waals surface area (Å²) in [5.74, 6) is -2.15. The van der Waals surface area contributed by atoms with Crippen LogP contribution in [0.25, 0.3) is 0 Å². The van der Waals surface area contributed by atoms with Crippen molar-refractivity contribution in [1.29, 1.82) is 0 Å². The topological polar surface area (TPSA) is 124 Å². The average Bonchev–Trinajstić information content (AvgIpc) is 2.78. The molecule has 2 aromatic carbocycles. The highest BCUT2D eigenvalue weighted by Gasteiger charge is 2.28. The number of para-hydroxylation sites is 1. The minimum atomic E-state index is -1.85. The van der Waals surface area contributed by atoms with Crippen molar-refractivity contribution in [2.45, 2.75) is 25.0 Å². The third kappa shape index (κ3) is 3.19. The van der Waals surface area contributed by atoms with E-state index in [2.05, 4.69) is 0 Å². The molecule has 0 aromatic heterocycles. The monoisotopic (exact) mass is 344 g/mol. The van der Waals surface area contributed by atoms with E-state index in [0.29, 0.717) is 24.2 Å². The smallest absolute Gasteiger partial charge is 0.337 e. The van der Waals surface area contributed by atoms with Crippen LogP contribution >= 0.6 is 0 Å². The number of rotatable bonds is 4. The number of aliphatic carboxylic acids is 2. The zero-order valence-corrected chi connectivity index (χ0v) is 13.0. The van der Waals surface area contributed by atoms with Gasteiger partial charge in [0.2, 0.25) is 0 Å². The van der Waals surface area contributed by atoms with E-state index in [1.165, 1.54) is 12.1 Å². The lowest BCUT2D eigenvalue weighted by Gasteiger charge is -2.18. The highest BCUT2D eigenvalue weighted by Crippen LogP contribution is 2.39. The SMILES string of the molecule is O=C(O)C(O)c1cc2c(c(C(O)C(=O)O)c1)CCc1ccccc1O2. The quantitative estimate of drug-likeness (QED) is 0.667. The lowest BCUT2D eigenvalue weighted by atomic mass is 9.93. The zero-order valence-electron chi connectivity index (χ0n) is 13.0. The van der Waals surface area contributed by atoms with Crippen molar-refractivity contribution in [3.05, 3.63) is 58.7 Å². The van der Waals surface area contributed by atoms with Crippen molar-refractivity contribution in [3.8, 4) is 11.5 Å². The molecule has 0 saturated heterocycles. The number of ether oxygens (including phenoxy) is 1. The van der Waals surface area contributed by atoms with Gasteiger partial charge in [-0.3, -0.25) is 0 Å². The van der Waals surface area contributed by atoms with Crippen molar-refractivity contribution in [1.82, 2.24) is 0 Å². The number of hydrogen-bond donors (Lipinski definition) is 4. The van der Waals surface area contributed by atoms with Crippen LogP contribution in [0.5, 0.6) is 11.5 Å². The fourth-order valence-corrected chi connectivity index (χ4v) is 2.91. The van der Waals surface area contributed by atoms with Gasteiger partial charge in [0.25, 0.3) is 0 Å². The maximum absolute atomic E-state index is 11.2. The average molecular weight is 344 g/mol. The predicted molar refractivity (Wildman–Crippen MR) is 85.6 cm³/mol. The van der Waals surface area contributed by atoms with Crippen molar-refractivity contribution >= 4 is 11.9 Å². The van der Waals surface area contributed by atoms with Crippen molar-refractivity contribution in [2.24, 2.45) is 0 Å². The predicted octanol–water partition coefficient (Wildman–Crippen LogP) is 1.81. The molecule has 7 nitrogen and oxygen atoms in total. The number of carbonyl (C=O) groups is 2. The van der Waals surface area contributed by atoms with Crippen LogP contribution in [0.1, 0.15) is 34.5 Å². The molecule has 1 aliphatic heterocycles. The highest BCUT2D eigenvalue weighted by atomic mass is 16.5. The number of hydrogen-bond acceptors (Lipinski definition) is 5. The number of fused-ring (bicyclic) bond motifs is 2. The lowest BCUT2D eigenvalue weighted by Crippen LogP contribution is -2.16. The summed E-state index contributed by atoms with van der Waals surface area (Å²) in [7, 11) is 0. The third-order valence-electron chi connectivity index (χ3n) is 4.18. The van der Waals surface area contributed by atoms with Gasteiger partial charge in [-0.1, -0.05) is 18.2 Å². The van der Waals surface area contributed by atoms with Gasteiger partial charge in [-0.05, 0) is 47.7 Å². The van der Waals surface area contributed by atoms with E-state index in [4.69, 9.17) is 14.9 Å². The summed E-state index contributed by atoms with van der Waals surface area (Å²) < 4.78 is 5.84. The maximum Gasteiger partial charge on any atom is 0.337 e.